The second-order valence-electron chi connectivity index (χ2n) is 7.85. The van der Waals surface area contributed by atoms with Gasteiger partial charge in [-0.1, -0.05) is 18.6 Å². The van der Waals surface area contributed by atoms with E-state index in [-0.39, 0.29) is 23.5 Å². The van der Waals surface area contributed by atoms with Crippen LogP contribution in [0, 0.1) is 11.7 Å². The van der Waals surface area contributed by atoms with E-state index in [2.05, 4.69) is 5.32 Å². The van der Waals surface area contributed by atoms with Crippen molar-refractivity contribution in [3.05, 3.63) is 35.6 Å². The molecule has 0 spiro atoms. The smallest absolute Gasteiger partial charge is 0.233 e. The molecule has 0 aromatic heterocycles. The number of carbonyl (C=O) groups excluding carboxylic acids is 2. The van der Waals surface area contributed by atoms with Gasteiger partial charge >= 0.3 is 0 Å². The highest BCUT2D eigenvalue weighted by atomic mass is 19.1. The minimum atomic E-state index is -0.573. The SMILES string of the molecule is CCOCCCNC(=O)C1CCN(C(=O)C2(c3cccc(F)c3)CCC2)CC1. The molecular weight excluding hydrogens is 359 g/mol. The Morgan fingerprint density at radius 2 is 2.04 bits per heavy atom. The zero-order valence-corrected chi connectivity index (χ0v) is 16.7. The van der Waals surface area contributed by atoms with E-state index in [1.165, 1.54) is 12.1 Å². The third-order valence-electron chi connectivity index (χ3n) is 6.12. The summed E-state index contributed by atoms with van der Waals surface area (Å²) in [4.78, 5) is 27.5. The van der Waals surface area contributed by atoms with Crippen LogP contribution >= 0.6 is 0 Å². The van der Waals surface area contributed by atoms with E-state index in [9.17, 15) is 14.0 Å². The van der Waals surface area contributed by atoms with E-state index in [1.807, 2.05) is 17.9 Å². The van der Waals surface area contributed by atoms with Crippen LogP contribution in [0.2, 0.25) is 0 Å². The topological polar surface area (TPSA) is 58.6 Å². The number of nitrogens with zero attached hydrogens (tertiary/aromatic N) is 1. The predicted octanol–water partition coefficient (Wildman–Crippen LogP) is 3.03. The molecular formula is C22H31FN2O3. The summed E-state index contributed by atoms with van der Waals surface area (Å²) in [5.41, 5.74) is 0.217. The molecule has 1 aliphatic heterocycles. The molecule has 2 aliphatic rings. The van der Waals surface area contributed by atoms with E-state index >= 15 is 0 Å². The number of rotatable bonds is 8. The lowest BCUT2D eigenvalue weighted by Gasteiger charge is -2.45. The predicted molar refractivity (Wildman–Crippen MR) is 105 cm³/mol. The largest absolute Gasteiger partial charge is 0.382 e. The van der Waals surface area contributed by atoms with Crippen molar-refractivity contribution in [2.24, 2.45) is 5.92 Å². The second kappa shape index (κ2) is 9.50. The van der Waals surface area contributed by atoms with E-state index < -0.39 is 5.41 Å². The first-order chi connectivity index (χ1) is 13.6. The Morgan fingerprint density at radius 3 is 2.64 bits per heavy atom. The number of amides is 2. The van der Waals surface area contributed by atoms with Crippen LogP contribution in [-0.2, 0) is 19.7 Å². The number of hydrogen-bond donors (Lipinski definition) is 1. The molecule has 1 aromatic carbocycles. The number of piperidine rings is 1. The van der Waals surface area contributed by atoms with Gasteiger partial charge in [-0.3, -0.25) is 9.59 Å². The highest BCUT2D eigenvalue weighted by molar-refractivity contribution is 5.89. The Labute approximate surface area is 166 Å². The molecule has 1 N–H and O–H groups in total. The highest BCUT2D eigenvalue weighted by Crippen LogP contribution is 2.45. The third kappa shape index (κ3) is 4.54. The Balaban J connectivity index is 1.51. The van der Waals surface area contributed by atoms with Gasteiger partial charge in [-0.05, 0) is 56.7 Å². The molecule has 2 amide bonds. The number of hydrogen-bond acceptors (Lipinski definition) is 3. The molecule has 1 heterocycles. The van der Waals surface area contributed by atoms with Crippen LogP contribution < -0.4 is 5.32 Å². The molecule has 0 radical (unpaired) electrons. The molecule has 0 unspecified atom stereocenters. The van der Waals surface area contributed by atoms with Crippen molar-refractivity contribution in [1.29, 1.82) is 0 Å². The van der Waals surface area contributed by atoms with Crippen molar-refractivity contribution < 1.29 is 18.7 Å². The molecule has 1 saturated heterocycles. The molecule has 6 heteroatoms. The van der Waals surface area contributed by atoms with Crippen molar-refractivity contribution in [2.45, 2.75) is 50.9 Å². The number of carbonyl (C=O) groups is 2. The van der Waals surface area contributed by atoms with Gasteiger partial charge in [0.1, 0.15) is 5.82 Å². The molecule has 0 bridgehead atoms. The summed E-state index contributed by atoms with van der Waals surface area (Å²) >= 11 is 0. The zero-order chi connectivity index (χ0) is 20.0. The molecule has 5 nitrogen and oxygen atoms in total. The van der Waals surface area contributed by atoms with E-state index in [1.54, 1.807) is 6.07 Å². The van der Waals surface area contributed by atoms with Crippen LogP contribution in [0.3, 0.4) is 0 Å². The van der Waals surface area contributed by atoms with Gasteiger partial charge in [0.2, 0.25) is 11.8 Å². The van der Waals surface area contributed by atoms with Gasteiger partial charge in [0.15, 0.2) is 0 Å². The minimum absolute atomic E-state index is 0.0392. The number of halogens is 1. The average Bonchev–Trinajstić information content (AvgIpc) is 2.67. The molecule has 1 aromatic rings. The van der Waals surface area contributed by atoms with Crippen molar-refractivity contribution in [3.63, 3.8) is 0 Å². The maximum absolute atomic E-state index is 13.7. The molecule has 154 valence electrons. The van der Waals surface area contributed by atoms with Gasteiger partial charge in [0.25, 0.3) is 0 Å². The Kier molecular flexibility index (Phi) is 7.05. The molecule has 1 saturated carbocycles. The molecule has 2 fully saturated rings. The number of nitrogens with one attached hydrogen (secondary N) is 1. The first-order valence-corrected chi connectivity index (χ1v) is 10.5. The Bertz CT molecular complexity index is 682. The van der Waals surface area contributed by atoms with E-state index in [4.69, 9.17) is 4.74 Å². The summed E-state index contributed by atoms with van der Waals surface area (Å²) in [6, 6.07) is 6.46. The summed E-state index contributed by atoms with van der Waals surface area (Å²) in [5, 5.41) is 2.98. The Morgan fingerprint density at radius 1 is 1.29 bits per heavy atom. The summed E-state index contributed by atoms with van der Waals surface area (Å²) in [6.45, 7) is 5.11. The fraction of sp³-hybridized carbons (Fsp3) is 0.636. The van der Waals surface area contributed by atoms with Gasteiger partial charge in [-0.2, -0.15) is 0 Å². The molecule has 1 aliphatic carbocycles. The van der Waals surface area contributed by atoms with Gasteiger partial charge in [0, 0.05) is 38.8 Å². The fourth-order valence-corrected chi connectivity index (χ4v) is 4.26. The minimum Gasteiger partial charge on any atom is -0.382 e. The first kappa shape index (κ1) is 20.8. The maximum Gasteiger partial charge on any atom is 0.233 e. The van der Waals surface area contributed by atoms with Crippen molar-refractivity contribution in [2.75, 3.05) is 32.8 Å². The van der Waals surface area contributed by atoms with Crippen molar-refractivity contribution >= 4 is 11.8 Å². The standard InChI is InChI=1S/C22H31FN2O3/c1-2-28-15-5-12-24-20(26)17-8-13-25(14-9-17)21(27)22(10-4-11-22)18-6-3-7-19(23)16-18/h3,6-7,16-17H,2,4-5,8-15H2,1H3,(H,24,26). The van der Waals surface area contributed by atoms with Crippen molar-refractivity contribution in [1.82, 2.24) is 10.2 Å². The van der Waals surface area contributed by atoms with Crippen molar-refractivity contribution in [3.8, 4) is 0 Å². The number of likely N-dealkylation sites (tertiary alicyclic amines) is 1. The second-order valence-corrected chi connectivity index (χ2v) is 7.85. The van der Waals surface area contributed by atoms with E-state index in [0.29, 0.717) is 45.7 Å². The van der Waals surface area contributed by atoms with Crippen LogP contribution in [0.4, 0.5) is 4.39 Å². The Hall–Kier alpha value is -1.95. The maximum atomic E-state index is 13.7. The van der Waals surface area contributed by atoms with Gasteiger partial charge in [0.05, 0.1) is 5.41 Å². The van der Waals surface area contributed by atoms with E-state index in [0.717, 1.165) is 31.2 Å². The van der Waals surface area contributed by atoms with Crippen LogP contribution in [-0.4, -0.2) is 49.6 Å². The number of benzene rings is 1. The number of ether oxygens (including phenoxy) is 1. The van der Waals surface area contributed by atoms with Crippen LogP contribution in [0.15, 0.2) is 24.3 Å². The quantitative estimate of drug-likeness (QED) is 0.694. The summed E-state index contributed by atoms with van der Waals surface area (Å²) < 4.78 is 19.0. The lowest BCUT2D eigenvalue weighted by molar-refractivity contribution is -0.144. The summed E-state index contributed by atoms with van der Waals surface area (Å²) in [5.74, 6) is -0.161. The monoisotopic (exact) mass is 390 g/mol. The normalized spacial score (nSPS) is 19.1. The lowest BCUT2D eigenvalue weighted by Crippen LogP contribution is -2.53. The molecule has 0 atom stereocenters. The summed E-state index contributed by atoms with van der Waals surface area (Å²) in [7, 11) is 0. The van der Waals surface area contributed by atoms with Crippen LogP contribution in [0.5, 0.6) is 0 Å². The molecule has 3 rings (SSSR count). The van der Waals surface area contributed by atoms with Crippen LogP contribution in [0.1, 0.15) is 51.0 Å². The third-order valence-corrected chi connectivity index (χ3v) is 6.12. The fourth-order valence-electron chi connectivity index (χ4n) is 4.26. The first-order valence-electron chi connectivity index (χ1n) is 10.5. The summed E-state index contributed by atoms with van der Waals surface area (Å²) in [6.07, 6.45) is 4.71. The zero-order valence-electron chi connectivity index (χ0n) is 16.7. The van der Waals surface area contributed by atoms with Gasteiger partial charge < -0.3 is 15.0 Å². The molecule has 28 heavy (non-hydrogen) atoms. The van der Waals surface area contributed by atoms with Gasteiger partial charge in [-0.25, -0.2) is 4.39 Å². The highest BCUT2D eigenvalue weighted by Gasteiger charge is 2.48. The van der Waals surface area contributed by atoms with Crippen LogP contribution in [0.25, 0.3) is 0 Å². The van der Waals surface area contributed by atoms with Gasteiger partial charge in [-0.15, -0.1) is 0 Å². The lowest BCUT2D eigenvalue weighted by atomic mass is 9.63. The average molecular weight is 390 g/mol.